The van der Waals surface area contributed by atoms with Gasteiger partial charge in [-0.15, -0.1) is 0 Å². The molecule has 0 spiro atoms. The fourth-order valence-corrected chi connectivity index (χ4v) is 1.26. The quantitative estimate of drug-likeness (QED) is 0.556. The minimum Gasteiger partial charge on any atom is -0.385 e. The van der Waals surface area contributed by atoms with Crippen LogP contribution in [0.25, 0.3) is 0 Å². The van der Waals surface area contributed by atoms with Crippen LogP contribution >= 0.6 is 0 Å². The van der Waals surface area contributed by atoms with Crippen LogP contribution in [0.2, 0.25) is 0 Å². The standard InChI is InChI=1S/C11H24O/c1-11(2,3)9-7-5-6-8-10-12-4/h5-10H2,1-4H3. The Morgan fingerprint density at radius 2 is 1.50 bits per heavy atom. The third-order valence-corrected chi connectivity index (χ3v) is 2.03. The molecule has 0 unspecified atom stereocenters. The Balaban J connectivity index is 3.01. The van der Waals surface area contributed by atoms with Crippen LogP contribution in [0.4, 0.5) is 0 Å². The van der Waals surface area contributed by atoms with Crippen LogP contribution in [0.1, 0.15) is 52.9 Å². The molecule has 0 aliphatic carbocycles. The van der Waals surface area contributed by atoms with Gasteiger partial charge in [0.05, 0.1) is 0 Å². The van der Waals surface area contributed by atoms with Gasteiger partial charge in [-0.25, -0.2) is 0 Å². The summed E-state index contributed by atoms with van der Waals surface area (Å²) < 4.78 is 4.99. The third-order valence-electron chi connectivity index (χ3n) is 2.03. The lowest BCUT2D eigenvalue weighted by atomic mass is 9.89. The zero-order valence-electron chi connectivity index (χ0n) is 9.15. The first-order valence-electron chi connectivity index (χ1n) is 5.05. The summed E-state index contributed by atoms with van der Waals surface area (Å²) in [5, 5.41) is 0. The molecule has 0 N–H and O–H groups in total. The Hall–Kier alpha value is -0.0400. The molecule has 74 valence electrons. The lowest BCUT2D eigenvalue weighted by Gasteiger charge is -2.17. The van der Waals surface area contributed by atoms with E-state index in [-0.39, 0.29) is 0 Å². The maximum Gasteiger partial charge on any atom is 0.0462 e. The maximum absolute atomic E-state index is 4.99. The van der Waals surface area contributed by atoms with E-state index in [4.69, 9.17) is 4.74 Å². The number of rotatable bonds is 6. The van der Waals surface area contributed by atoms with Crippen molar-refractivity contribution in [2.45, 2.75) is 52.9 Å². The molecule has 0 saturated carbocycles. The molecule has 0 aliphatic rings. The van der Waals surface area contributed by atoms with Crippen molar-refractivity contribution in [3.8, 4) is 0 Å². The van der Waals surface area contributed by atoms with Crippen molar-refractivity contribution in [3.63, 3.8) is 0 Å². The number of hydrogen-bond donors (Lipinski definition) is 0. The first-order valence-corrected chi connectivity index (χ1v) is 5.05. The van der Waals surface area contributed by atoms with Crippen LogP contribution in [0.15, 0.2) is 0 Å². The summed E-state index contributed by atoms with van der Waals surface area (Å²) in [5.74, 6) is 0. The van der Waals surface area contributed by atoms with Gasteiger partial charge in [-0.3, -0.25) is 0 Å². The highest BCUT2D eigenvalue weighted by Crippen LogP contribution is 2.22. The second kappa shape index (κ2) is 6.47. The molecule has 0 fully saturated rings. The molecule has 0 radical (unpaired) electrons. The molecule has 0 atom stereocenters. The summed E-state index contributed by atoms with van der Waals surface area (Å²) in [6, 6.07) is 0. The maximum atomic E-state index is 4.99. The second-order valence-electron chi connectivity index (χ2n) is 4.72. The van der Waals surface area contributed by atoms with Gasteiger partial charge in [0.25, 0.3) is 0 Å². The summed E-state index contributed by atoms with van der Waals surface area (Å²) in [4.78, 5) is 0. The fourth-order valence-electron chi connectivity index (χ4n) is 1.26. The third kappa shape index (κ3) is 9.96. The highest BCUT2D eigenvalue weighted by atomic mass is 16.5. The number of ether oxygens (including phenoxy) is 1. The van der Waals surface area contributed by atoms with Crippen LogP contribution in [-0.4, -0.2) is 13.7 Å². The van der Waals surface area contributed by atoms with Gasteiger partial charge in [0.15, 0.2) is 0 Å². The molecule has 0 rings (SSSR count). The SMILES string of the molecule is COCCCCCCC(C)(C)C. The van der Waals surface area contributed by atoms with E-state index in [9.17, 15) is 0 Å². The molecule has 0 aromatic carbocycles. The first-order chi connectivity index (χ1) is 5.56. The predicted octanol–water partition coefficient (Wildman–Crippen LogP) is 3.63. The first kappa shape index (κ1) is 12.0. The largest absolute Gasteiger partial charge is 0.385 e. The van der Waals surface area contributed by atoms with E-state index in [0.717, 1.165) is 6.61 Å². The van der Waals surface area contributed by atoms with Crippen LogP contribution < -0.4 is 0 Å². The predicted molar refractivity (Wildman–Crippen MR) is 54.4 cm³/mol. The lowest BCUT2D eigenvalue weighted by molar-refractivity contribution is 0.191. The minimum absolute atomic E-state index is 0.515. The Labute approximate surface area is 77.5 Å². The number of hydrogen-bond acceptors (Lipinski definition) is 1. The van der Waals surface area contributed by atoms with Crippen molar-refractivity contribution >= 4 is 0 Å². The Kier molecular flexibility index (Phi) is 6.45. The molecule has 0 aromatic rings. The van der Waals surface area contributed by atoms with E-state index < -0.39 is 0 Å². The molecule has 0 amide bonds. The van der Waals surface area contributed by atoms with Crippen molar-refractivity contribution in [2.75, 3.05) is 13.7 Å². The molecular weight excluding hydrogens is 148 g/mol. The monoisotopic (exact) mass is 172 g/mol. The molecule has 1 heteroatoms. The van der Waals surface area contributed by atoms with Crippen molar-refractivity contribution in [3.05, 3.63) is 0 Å². The van der Waals surface area contributed by atoms with Crippen molar-refractivity contribution < 1.29 is 4.74 Å². The van der Waals surface area contributed by atoms with E-state index in [1.807, 2.05) is 0 Å². The molecule has 0 saturated heterocycles. The Bertz CT molecular complexity index is 91.7. The van der Waals surface area contributed by atoms with E-state index >= 15 is 0 Å². The molecule has 0 heterocycles. The fraction of sp³-hybridized carbons (Fsp3) is 1.00. The van der Waals surface area contributed by atoms with Crippen molar-refractivity contribution in [1.29, 1.82) is 0 Å². The molecule has 0 aromatic heterocycles. The average molecular weight is 172 g/mol. The van der Waals surface area contributed by atoms with Crippen molar-refractivity contribution in [1.82, 2.24) is 0 Å². The number of unbranched alkanes of at least 4 members (excludes halogenated alkanes) is 3. The summed E-state index contributed by atoms with van der Waals surface area (Å²) in [6.07, 6.45) is 6.62. The summed E-state index contributed by atoms with van der Waals surface area (Å²) >= 11 is 0. The second-order valence-corrected chi connectivity index (χ2v) is 4.72. The topological polar surface area (TPSA) is 9.23 Å². The highest BCUT2D eigenvalue weighted by molar-refractivity contribution is 4.60. The van der Waals surface area contributed by atoms with Gasteiger partial charge in [0.1, 0.15) is 0 Å². The molecule has 12 heavy (non-hydrogen) atoms. The highest BCUT2D eigenvalue weighted by Gasteiger charge is 2.08. The van der Waals surface area contributed by atoms with E-state index in [1.54, 1.807) is 7.11 Å². The smallest absolute Gasteiger partial charge is 0.0462 e. The van der Waals surface area contributed by atoms with E-state index in [0.29, 0.717) is 5.41 Å². The van der Waals surface area contributed by atoms with Crippen LogP contribution in [0.3, 0.4) is 0 Å². The normalized spacial score (nSPS) is 12.0. The zero-order chi connectivity index (χ0) is 9.45. The lowest BCUT2D eigenvalue weighted by Crippen LogP contribution is -2.04. The molecular formula is C11H24O. The summed E-state index contributed by atoms with van der Waals surface area (Å²) in [7, 11) is 1.77. The molecule has 0 bridgehead atoms. The van der Waals surface area contributed by atoms with Gasteiger partial charge in [-0.2, -0.15) is 0 Å². The van der Waals surface area contributed by atoms with Crippen LogP contribution in [-0.2, 0) is 4.74 Å². The molecule has 1 nitrogen and oxygen atoms in total. The van der Waals surface area contributed by atoms with Crippen molar-refractivity contribution in [2.24, 2.45) is 5.41 Å². The van der Waals surface area contributed by atoms with E-state index in [2.05, 4.69) is 20.8 Å². The summed E-state index contributed by atoms with van der Waals surface area (Å²) in [6.45, 7) is 7.85. The van der Waals surface area contributed by atoms with Gasteiger partial charge >= 0.3 is 0 Å². The average Bonchev–Trinajstić information content (AvgIpc) is 1.94. The van der Waals surface area contributed by atoms with Gasteiger partial charge in [0.2, 0.25) is 0 Å². The Morgan fingerprint density at radius 3 is 2.00 bits per heavy atom. The van der Waals surface area contributed by atoms with Gasteiger partial charge in [-0.1, -0.05) is 40.0 Å². The van der Waals surface area contributed by atoms with Crippen LogP contribution in [0.5, 0.6) is 0 Å². The van der Waals surface area contributed by atoms with Crippen LogP contribution in [0, 0.1) is 5.41 Å². The number of methoxy groups -OCH3 is 1. The van der Waals surface area contributed by atoms with Gasteiger partial charge in [-0.05, 0) is 18.3 Å². The molecule has 0 aliphatic heterocycles. The summed E-state index contributed by atoms with van der Waals surface area (Å²) in [5.41, 5.74) is 0.515. The van der Waals surface area contributed by atoms with Gasteiger partial charge < -0.3 is 4.74 Å². The minimum atomic E-state index is 0.515. The zero-order valence-corrected chi connectivity index (χ0v) is 9.15. The van der Waals surface area contributed by atoms with Gasteiger partial charge in [0, 0.05) is 13.7 Å². The Morgan fingerprint density at radius 1 is 0.917 bits per heavy atom. The van der Waals surface area contributed by atoms with E-state index in [1.165, 1.54) is 32.1 Å².